The molecule has 2 atom stereocenters. The van der Waals surface area contributed by atoms with Crippen LogP contribution in [0.3, 0.4) is 0 Å². The Morgan fingerprint density at radius 3 is 2.44 bits per heavy atom. The van der Waals surface area contributed by atoms with E-state index in [4.69, 9.17) is 5.26 Å². The van der Waals surface area contributed by atoms with Crippen molar-refractivity contribution in [1.29, 1.82) is 5.26 Å². The zero-order valence-corrected chi connectivity index (χ0v) is 14.4. The van der Waals surface area contributed by atoms with E-state index in [-0.39, 0.29) is 30.6 Å². The average Bonchev–Trinajstić information content (AvgIpc) is 2.63. The molecule has 5 heteroatoms. The highest BCUT2D eigenvalue weighted by Crippen LogP contribution is 2.21. The molecule has 0 heterocycles. The maximum absolute atomic E-state index is 14.1. The molecule has 0 fully saturated rings. The molecule has 0 saturated carbocycles. The van der Waals surface area contributed by atoms with Gasteiger partial charge in [-0.1, -0.05) is 49.4 Å². The Morgan fingerprint density at radius 1 is 1.16 bits per heavy atom. The summed E-state index contributed by atoms with van der Waals surface area (Å²) >= 11 is 0. The summed E-state index contributed by atoms with van der Waals surface area (Å²) in [6.45, 7) is 4.08. The first-order valence-corrected chi connectivity index (χ1v) is 8.29. The zero-order chi connectivity index (χ0) is 18.2. The van der Waals surface area contributed by atoms with Crippen LogP contribution in [0.15, 0.2) is 54.6 Å². The molecular weight excluding hydrogens is 317 g/mol. The number of anilines is 1. The van der Waals surface area contributed by atoms with Crippen LogP contribution in [0.1, 0.15) is 31.7 Å². The minimum atomic E-state index is -0.487. The molecule has 0 unspecified atom stereocenters. The molecule has 2 amide bonds. The number of rotatable bonds is 6. The highest BCUT2D eigenvalue weighted by molar-refractivity contribution is 5.92. The summed E-state index contributed by atoms with van der Waals surface area (Å²) in [5.74, 6) is -0.386. The van der Waals surface area contributed by atoms with E-state index < -0.39 is 11.8 Å². The number of carbonyl (C=O) groups excluding carboxylic acids is 1. The molecular formula is C20H22FN3O. The van der Waals surface area contributed by atoms with Crippen LogP contribution in [-0.2, 0) is 0 Å². The van der Waals surface area contributed by atoms with E-state index >= 15 is 0 Å². The molecule has 0 aliphatic rings. The van der Waals surface area contributed by atoms with Gasteiger partial charge in [-0.05, 0) is 24.6 Å². The monoisotopic (exact) mass is 339 g/mol. The Hall–Kier alpha value is -2.87. The van der Waals surface area contributed by atoms with Crippen molar-refractivity contribution in [2.45, 2.75) is 32.2 Å². The second-order valence-corrected chi connectivity index (χ2v) is 5.95. The Balaban J connectivity index is 2.14. The Kier molecular flexibility index (Phi) is 6.53. The number of amides is 2. The summed E-state index contributed by atoms with van der Waals surface area (Å²) in [6, 6.07) is 17.4. The van der Waals surface area contributed by atoms with Gasteiger partial charge < -0.3 is 5.32 Å². The molecule has 0 bridgehead atoms. The maximum atomic E-state index is 14.1. The molecule has 2 aromatic carbocycles. The van der Waals surface area contributed by atoms with Crippen LogP contribution in [0.5, 0.6) is 0 Å². The Bertz CT molecular complexity index is 742. The van der Waals surface area contributed by atoms with Gasteiger partial charge in [0.25, 0.3) is 0 Å². The summed E-state index contributed by atoms with van der Waals surface area (Å²) in [7, 11) is 0. The fraction of sp³-hybridized carbons (Fsp3) is 0.300. The molecule has 0 aromatic heterocycles. The second kappa shape index (κ2) is 8.84. The summed E-state index contributed by atoms with van der Waals surface area (Å²) in [4.78, 5) is 14.0. The summed E-state index contributed by atoms with van der Waals surface area (Å²) in [5, 5.41) is 11.8. The number of hydrogen-bond acceptors (Lipinski definition) is 2. The summed E-state index contributed by atoms with van der Waals surface area (Å²) in [6.07, 6.45) is 0.129. The number of nitriles is 1. The Morgan fingerprint density at radius 2 is 1.80 bits per heavy atom. The van der Waals surface area contributed by atoms with E-state index in [2.05, 4.69) is 5.32 Å². The van der Waals surface area contributed by atoms with Gasteiger partial charge in [-0.25, -0.2) is 9.18 Å². The molecule has 4 nitrogen and oxygen atoms in total. The largest absolute Gasteiger partial charge is 0.335 e. The van der Waals surface area contributed by atoms with Crippen molar-refractivity contribution in [3.05, 3.63) is 66.0 Å². The quantitative estimate of drug-likeness (QED) is 0.845. The molecule has 130 valence electrons. The van der Waals surface area contributed by atoms with Crippen LogP contribution in [0.25, 0.3) is 0 Å². The van der Waals surface area contributed by atoms with Gasteiger partial charge in [-0.2, -0.15) is 5.26 Å². The molecule has 25 heavy (non-hydrogen) atoms. The van der Waals surface area contributed by atoms with E-state index in [1.807, 2.05) is 50.2 Å². The maximum Gasteiger partial charge on any atom is 0.322 e. The van der Waals surface area contributed by atoms with Crippen molar-refractivity contribution >= 4 is 11.7 Å². The smallest absolute Gasteiger partial charge is 0.322 e. The number of nitrogens with zero attached hydrogens (tertiary/aromatic N) is 2. The fourth-order valence-electron chi connectivity index (χ4n) is 2.61. The first-order valence-electron chi connectivity index (χ1n) is 8.29. The lowest BCUT2D eigenvalue weighted by molar-refractivity contribution is 0.241. The zero-order valence-electron chi connectivity index (χ0n) is 14.4. The average molecular weight is 339 g/mol. The lowest BCUT2D eigenvalue weighted by atomic mass is 9.94. The molecule has 0 spiro atoms. The van der Waals surface area contributed by atoms with Crippen LogP contribution in [0.2, 0.25) is 0 Å². The van der Waals surface area contributed by atoms with E-state index in [9.17, 15) is 9.18 Å². The van der Waals surface area contributed by atoms with Crippen LogP contribution < -0.4 is 10.2 Å². The minimum Gasteiger partial charge on any atom is -0.335 e. The van der Waals surface area contributed by atoms with Gasteiger partial charge in [-0.3, -0.25) is 4.90 Å². The number of nitrogens with one attached hydrogen (secondary N) is 1. The SMILES string of the molecule is C[C@H](NC(=O)N(CCC#N)c1ccccc1F)[C@@H](C)c1ccccc1. The third-order valence-electron chi connectivity index (χ3n) is 4.26. The van der Waals surface area contributed by atoms with Gasteiger partial charge in [0.2, 0.25) is 0 Å². The predicted molar refractivity (Wildman–Crippen MR) is 96.8 cm³/mol. The van der Waals surface area contributed by atoms with Crippen LogP contribution in [0, 0.1) is 17.1 Å². The predicted octanol–water partition coefficient (Wildman–Crippen LogP) is 4.45. The number of hydrogen-bond donors (Lipinski definition) is 1. The molecule has 2 aromatic rings. The number of carbonyl (C=O) groups is 1. The summed E-state index contributed by atoms with van der Waals surface area (Å²) in [5.41, 5.74) is 1.29. The third-order valence-corrected chi connectivity index (χ3v) is 4.26. The summed E-state index contributed by atoms with van der Waals surface area (Å²) < 4.78 is 14.1. The van der Waals surface area contributed by atoms with Crippen LogP contribution in [-0.4, -0.2) is 18.6 Å². The minimum absolute atomic E-state index is 0.101. The lowest BCUT2D eigenvalue weighted by Crippen LogP contribution is -2.46. The molecule has 0 aliphatic heterocycles. The van der Waals surface area contributed by atoms with Crippen molar-refractivity contribution in [2.24, 2.45) is 0 Å². The number of urea groups is 1. The van der Waals surface area contributed by atoms with Crippen molar-refractivity contribution in [3.63, 3.8) is 0 Å². The van der Waals surface area contributed by atoms with Crippen molar-refractivity contribution < 1.29 is 9.18 Å². The van der Waals surface area contributed by atoms with Crippen molar-refractivity contribution in [2.75, 3.05) is 11.4 Å². The van der Waals surface area contributed by atoms with Gasteiger partial charge in [-0.15, -0.1) is 0 Å². The van der Waals surface area contributed by atoms with Crippen molar-refractivity contribution in [1.82, 2.24) is 5.32 Å². The first kappa shape index (κ1) is 18.5. The van der Waals surface area contributed by atoms with E-state index in [1.54, 1.807) is 12.1 Å². The van der Waals surface area contributed by atoms with E-state index in [0.29, 0.717) is 0 Å². The van der Waals surface area contributed by atoms with Crippen molar-refractivity contribution in [3.8, 4) is 6.07 Å². The number of benzene rings is 2. The molecule has 0 aliphatic carbocycles. The number of para-hydroxylation sites is 1. The van der Waals surface area contributed by atoms with Gasteiger partial charge in [0.05, 0.1) is 18.2 Å². The molecule has 0 saturated heterocycles. The first-order chi connectivity index (χ1) is 12.0. The van der Waals surface area contributed by atoms with Crippen LogP contribution in [0.4, 0.5) is 14.9 Å². The van der Waals surface area contributed by atoms with Gasteiger partial charge in [0, 0.05) is 18.5 Å². The lowest BCUT2D eigenvalue weighted by Gasteiger charge is -2.27. The van der Waals surface area contributed by atoms with Gasteiger partial charge >= 0.3 is 6.03 Å². The molecule has 2 rings (SSSR count). The van der Waals surface area contributed by atoms with E-state index in [0.717, 1.165) is 5.56 Å². The standard InChI is InChI=1S/C20H22FN3O/c1-15(17-9-4-3-5-10-17)16(2)23-20(25)24(14-8-13-22)19-12-7-6-11-18(19)21/h3-7,9-12,15-16H,8,14H2,1-2H3,(H,23,25)/t15-,16+/m1/s1. The normalized spacial score (nSPS) is 12.7. The van der Waals surface area contributed by atoms with Gasteiger partial charge in [0.15, 0.2) is 0 Å². The second-order valence-electron chi connectivity index (χ2n) is 5.95. The molecule has 1 N–H and O–H groups in total. The Labute approximate surface area is 147 Å². The molecule has 0 radical (unpaired) electrons. The topological polar surface area (TPSA) is 56.1 Å². The fourth-order valence-corrected chi connectivity index (χ4v) is 2.61. The van der Waals surface area contributed by atoms with E-state index in [1.165, 1.54) is 17.0 Å². The van der Waals surface area contributed by atoms with Gasteiger partial charge in [0.1, 0.15) is 5.82 Å². The van der Waals surface area contributed by atoms with Crippen LogP contribution >= 0.6 is 0 Å². The number of halogens is 1. The highest BCUT2D eigenvalue weighted by Gasteiger charge is 2.22. The third kappa shape index (κ3) is 4.80. The highest BCUT2D eigenvalue weighted by atomic mass is 19.1.